The Kier molecular flexibility index (Phi) is 5.34. The number of hydrogen-bond donors (Lipinski definition) is 2. The Balaban J connectivity index is 1.82. The average Bonchev–Trinajstić information content (AvgIpc) is 3.02. The fourth-order valence-corrected chi connectivity index (χ4v) is 3.45. The van der Waals surface area contributed by atoms with Gasteiger partial charge in [0, 0.05) is 18.8 Å². The molecule has 3 rings (SSSR count). The number of nitrogens with one attached hydrogen (secondary N) is 1. The Labute approximate surface area is 147 Å². The highest BCUT2D eigenvalue weighted by molar-refractivity contribution is 5.90. The maximum atomic E-state index is 13.3. The number of anilines is 1. The maximum absolute atomic E-state index is 13.3. The molecule has 0 saturated carbocycles. The molecule has 1 aliphatic carbocycles. The van der Waals surface area contributed by atoms with Gasteiger partial charge in [0.15, 0.2) is 0 Å². The topological polar surface area (TPSA) is 52.6 Å². The second-order valence-electron chi connectivity index (χ2n) is 6.41. The normalized spacial score (nSPS) is 15.7. The van der Waals surface area contributed by atoms with Crippen LogP contribution in [0.5, 0.6) is 0 Å². The predicted octanol–water partition coefficient (Wildman–Crippen LogP) is 4.04. The van der Waals surface area contributed by atoms with E-state index in [1.807, 2.05) is 12.1 Å². The van der Waals surface area contributed by atoms with Crippen molar-refractivity contribution < 1.29 is 14.3 Å². The van der Waals surface area contributed by atoms with Crippen molar-refractivity contribution >= 4 is 11.7 Å². The monoisotopic (exact) mass is 342 g/mol. The SMILES string of the molecule is Cc1cc(F)ccc1NC(=O)N(CCCO)C1CCc2ccccc21. The van der Waals surface area contributed by atoms with Crippen LogP contribution >= 0.6 is 0 Å². The summed E-state index contributed by atoms with van der Waals surface area (Å²) in [5.74, 6) is -0.322. The Morgan fingerprint density at radius 2 is 2.12 bits per heavy atom. The minimum Gasteiger partial charge on any atom is -0.396 e. The lowest BCUT2D eigenvalue weighted by Crippen LogP contribution is -2.38. The van der Waals surface area contributed by atoms with Gasteiger partial charge in [-0.25, -0.2) is 9.18 Å². The Morgan fingerprint density at radius 1 is 1.32 bits per heavy atom. The van der Waals surface area contributed by atoms with Crippen molar-refractivity contribution in [3.8, 4) is 0 Å². The Morgan fingerprint density at radius 3 is 2.88 bits per heavy atom. The van der Waals surface area contributed by atoms with Crippen LogP contribution in [0.15, 0.2) is 42.5 Å². The van der Waals surface area contributed by atoms with Gasteiger partial charge in [-0.15, -0.1) is 0 Å². The summed E-state index contributed by atoms with van der Waals surface area (Å²) in [5.41, 5.74) is 3.73. The van der Waals surface area contributed by atoms with Gasteiger partial charge in [-0.1, -0.05) is 24.3 Å². The van der Waals surface area contributed by atoms with Gasteiger partial charge in [0.1, 0.15) is 5.82 Å². The molecule has 0 radical (unpaired) electrons. The van der Waals surface area contributed by atoms with Crippen LogP contribution in [0.25, 0.3) is 0 Å². The summed E-state index contributed by atoms with van der Waals surface area (Å²) in [6.07, 6.45) is 2.34. The average molecular weight is 342 g/mol. The number of fused-ring (bicyclic) bond motifs is 1. The first kappa shape index (κ1) is 17.4. The van der Waals surface area contributed by atoms with Crippen molar-refractivity contribution in [3.63, 3.8) is 0 Å². The number of carbonyl (C=O) groups is 1. The van der Waals surface area contributed by atoms with Gasteiger partial charge in [-0.05, 0) is 61.1 Å². The smallest absolute Gasteiger partial charge is 0.322 e. The molecule has 2 aromatic rings. The first-order valence-corrected chi connectivity index (χ1v) is 8.62. The number of aryl methyl sites for hydroxylation is 2. The van der Waals surface area contributed by atoms with E-state index >= 15 is 0 Å². The highest BCUT2D eigenvalue weighted by atomic mass is 19.1. The second-order valence-corrected chi connectivity index (χ2v) is 6.41. The van der Waals surface area contributed by atoms with Gasteiger partial charge >= 0.3 is 6.03 Å². The summed E-state index contributed by atoms with van der Waals surface area (Å²) in [4.78, 5) is 14.7. The molecule has 4 nitrogen and oxygen atoms in total. The van der Waals surface area contributed by atoms with E-state index in [9.17, 15) is 14.3 Å². The third kappa shape index (κ3) is 3.82. The van der Waals surface area contributed by atoms with Crippen LogP contribution in [-0.4, -0.2) is 29.2 Å². The van der Waals surface area contributed by atoms with E-state index in [4.69, 9.17) is 0 Å². The molecule has 2 amide bonds. The predicted molar refractivity (Wildman–Crippen MR) is 96.1 cm³/mol. The summed E-state index contributed by atoms with van der Waals surface area (Å²) in [6.45, 7) is 2.27. The minimum absolute atomic E-state index is 0.00324. The molecule has 0 heterocycles. The Bertz CT molecular complexity index is 763. The fraction of sp³-hybridized carbons (Fsp3) is 0.350. The van der Waals surface area contributed by atoms with Crippen LogP contribution in [0.1, 0.15) is 35.6 Å². The summed E-state index contributed by atoms with van der Waals surface area (Å²) in [7, 11) is 0. The number of hydrogen-bond acceptors (Lipinski definition) is 2. The van der Waals surface area contributed by atoms with Crippen molar-refractivity contribution in [3.05, 3.63) is 65.0 Å². The van der Waals surface area contributed by atoms with E-state index in [1.54, 1.807) is 17.9 Å². The largest absolute Gasteiger partial charge is 0.396 e. The third-order valence-electron chi connectivity index (χ3n) is 4.73. The second kappa shape index (κ2) is 7.66. The van der Waals surface area contributed by atoms with Gasteiger partial charge in [0.05, 0.1) is 6.04 Å². The van der Waals surface area contributed by atoms with Crippen molar-refractivity contribution in [1.82, 2.24) is 4.90 Å². The van der Waals surface area contributed by atoms with E-state index in [2.05, 4.69) is 17.4 Å². The highest BCUT2D eigenvalue weighted by Gasteiger charge is 2.30. The molecule has 0 bridgehead atoms. The molecule has 0 saturated heterocycles. The standard InChI is InChI=1S/C20H23FN2O2/c1-14-13-16(21)8-9-18(14)22-20(25)23(11-4-12-24)19-10-7-15-5-2-3-6-17(15)19/h2-3,5-6,8-9,13,19,24H,4,7,10-12H2,1H3,(H,22,25). The van der Waals surface area contributed by atoms with Crippen LogP contribution in [0.4, 0.5) is 14.9 Å². The molecule has 2 N–H and O–H groups in total. The molecule has 0 spiro atoms. The first-order valence-electron chi connectivity index (χ1n) is 8.62. The van der Waals surface area contributed by atoms with Crippen LogP contribution < -0.4 is 5.32 Å². The summed E-state index contributed by atoms with van der Waals surface area (Å²) < 4.78 is 13.3. The third-order valence-corrected chi connectivity index (χ3v) is 4.73. The van der Waals surface area contributed by atoms with E-state index in [-0.39, 0.29) is 24.5 Å². The summed E-state index contributed by atoms with van der Waals surface area (Å²) in [5, 5.41) is 12.1. The fourth-order valence-electron chi connectivity index (χ4n) is 3.45. The molecule has 2 aromatic carbocycles. The molecule has 1 aliphatic rings. The zero-order valence-electron chi connectivity index (χ0n) is 14.3. The molecule has 0 fully saturated rings. The lowest BCUT2D eigenvalue weighted by Gasteiger charge is -2.30. The van der Waals surface area contributed by atoms with Gasteiger partial charge in [-0.2, -0.15) is 0 Å². The number of aliphatic hydroxyl groups excluding tert-OH is 1. The number of urea groups is 1. The molecule has 0 aliphatic heterocycles. The van der Waals surface area contributed by atoms with Crippen LogP contribution in [-0.2, 0) is 6.42 Å². The zero-order valence-corrected chi connectivity index (χ0v) is 14.3. The number of carbonyl (C=O) groups excluding carboxylic acids is 1. The van der Waals surface area contributed by atoms with E-state index in [0.717, 1.165) is 12.8 Å². The van der Waals surface area contributed by atoms with E-state index in [1.165, 1.54) is 23.3 Å². The maximum Gasteiger partial charge on any atom is 0.322 e. The van der Waals surface area contributed by atoms with Gasteiger partial charge in [-0.3, -0.25) is 0 Å². The molecule has 1 atom stereocenters. The van der Waals surface area contributed by atoms with Crippen molar-refractivity contribution in [1.29, 1.82) is 0 Å². The van der Waals surface area contributed by atoms with Gasteiger partial charge in [0.2, 0.25) is 0 Å². The molecule has 1 unspecified atom stereocenters. The quantitative estimate of drug-likeness (QED) is 0.862. The number of amides is 2. The molecule has 25 heavy (non-hydrogen) atoms. The summed E-state index contributed by atoms with van der Waals surface area (Å²) in [6, 6.07) is 12.3. The number of benzene rings is 2. The lowest BCUT2D eigenvalue weighted by molar-refractivity contribution is 0.177. The molecule has 0 aromatic heterocycles. The van der Waals surface area contributed by atoms with Crippen molar-refractivity contribution in [2.24, 2.45) is 0 Å². The zero-order chi connectivity index (χ0) is 17.8. The molecular weight excluding hydrogens is 319 g/mol. The Hall–Kier alpha value is -2.40. The van der Waals surface area contributed by atoms with Gasteiger partial charge in [0.25, 0.3) is 0 Å². The van der Waals surface area contributed by atoms with E-state index < -0.39 is 0 Å². The van der Waals surface area contributed by atoms with Gasteiger partial charge < -0.3 is 15.3 Å². The van der Waals surface area contributed by atoms with Crippen molar-refractivity contribution in [2.75, 3.05) is 18.5 Å². The number of nitrogens with zero attached hydrogens (tertiary/aromatic N) is 1. The number of aliphatic hydroxyl groups is 1. The molecular formula is C20H23FN2O2. The van der Waals surface area contributed by atoms with Crippen LogP contribution in [0.2, 0.25) is 0 Å². The van der Waals surface area contributed by atoms with E-state index in [0.29, 0.717) is 24.2 Å². The van der Waals surface area contributed by atoms with Crippen LogP contribution in [0.3, 0.4) is 0 Å². The number of rotatable bonds is 5. The highest BCUT2D eigenvalue weighted by Crippen LogP contribution is 2.36. The van der Waals surface area contributed by atoms with Crippen LogP contribution in [0, 0.1) is 12.7 Å². The minimum atomic E-state index is -0.322. The summed E-state index contributed by atoms with van der Waals surface area (Å²) >= 11 is 0. The number of halogens is 1. The molecule has 132 valence electrons. The van der Waals surface area contributed by atoms with Crippen molar-refractivity contribution in [2.45, 2.75) is 32.2 Å². The molecule has 5 heteroatoms. The first-order chi connectivity index (χ1) is 12.1. The lowest BCUT2D eigenvalue weighted by atomic mass is 10.1.